The average Bonchev–Trinajstić information content (AvgIpc) is 2.78. The van der Waals surface area contributed by atoms with E-state index in [0.29, 0.717) is 0 Å². The second kappa shape index (κ2) is 4.68. The maximum absolute atomic E-state index is 2.47. The molecule has 2 saturated carbocycles. The zero-order valence-corrected chi connectivity index (χ0v) is 9.97. The molecule has 0 spiro atoms. The molecule has 14 heavy (non-hydrogen) atoms. The fraction of sp³-hybridized carbons (Fsp3) is 1.00. The van der Waals surface area contributed by atoms with Crippen LogP contribution < -0.4 is 0 Å². The molecule has 2 aliphatic carbocycles. The van der Waals surface area contributed by atoms with Gasteiger partial charge in [-0.2, -0.15) is 0 Å². The largest absolute Gasteiger partial charge is 0.0654 e. The summed E-state index contributed by atoms with van der Waals surface area (Å²) in [5.74, 6) is 4.41. The first-order chi connectivity index (χ1) is 6.81. The molecule has 0 aromatic rings. The molecule has 4 atom stereocenters. The van der Waals surface area contributed by atoms with Crippen molar-refractivity contribution in [2.75, 3.05) is 0 Å². The molecular formula is C14H26. The summed E-state index contributed by atoms with van der Waals surface area (Å²) in [6.07, 6.45) is 12.1. The van der Waals surface area contributed by atoms with Gasteiger partial charge in [0.25, 0.3) is 0 Å². The quantitative estimate of drug-likeness (QED) is 0.598. The number of hydrogen-bond acceptors (Lipinski definition) is 0. The van der Waals surface area contributed by atoms with Crippen molar-refractivity contribution in [3.05, 3.63) is 0 Å². The maximum Gasteiger partial charge on any atom is -0.0383 e. The van der Waals surface area contributed by atoms with Crippen molar-refractivity contribution in [2.45, 2.75) is 65.2 Å². The predicted octanol–water partition coefficient (Wildman–Crippen LogP) is 4.64. The Balaban J connectivity index is 1.59. The second-order valence-electron chi connectivity index (χ2n) is 5.79. The Hall–Kier alpha value is 0. The number of hydrogen-bond donors (Lipinski definition) is 0. The zero-order valence-electron chi connectivity index (χ0n) is 9.97. The molecule has 0 bridgehead atoms. The molecule has 0 nitrogen and oxygen atoms in total. The standard InChI is InChI=1S/C14H26/c1-3-5-13-10-14(13)9-8-12-7-4-6-11(12)2/h11-14H,3-10H2,1-2H3. The Morgan fingerprint density at radius 1 is 0.929 bits per heavy atom. The minimum absolute atomic E-state index is 1.04. The third-order valence-electron chi connectivity index (χ3n) is 4.68. The van der Waals surface area contributed by atoms with Crippen molar-refractivity contribution in [3.8, 4) is 0 Å². The summed E-state index contributed by atoms with van der Waals surface area (Å²) in [5.41, 5.74) is 0. The van der Waals surface area contributed by atoms with Gasteiger partial charge < -0.3 is 0 Å². The highest BCUT2D eigenvalue weighted by atomic mass is 14.4. The van der Waals surface area contributed by atoms with Gasteiger partial charge in [-0.3, -0.25) is 0 Å². The normalized spacial score (nSPS) is 41.6. The van der Waals surface area contributed by atoms with Crippen LogP contribution in [0.3, 0.4) is 0 Å². The summed E-state index contributed by atoms with van der Waals surface area (Å²) in [7, 11) is 0. The summed E-state index contributed by atoms with van der Waals surface area (Å²) in [4.78, 5) is 0. The number of rotatable bonds is 5. The third kappa shape index (κ3) is 2.52. The van der Waals surface area contributed by atoms with Crippen LogP contribution in [0.1, 0.15) is 65.2 Å². The zero-order chi connectivity index (χ0) is 9.97. The topological polar surface area (TPSA) is 0 Å². The fourth-order valence-corrected chi connectivity index (χ4v) is 3.47. The van der Waals surface area contributed by atoms with Crippen LogP contribution >= 0.6 is 0 Å². The van der Waals surface area contributed by atoms with E-state index in [2.05, 4.69) is 13.8 Å². The van der Waals surface area contributed by atoms with Crippen molar-refractivity contribution in [1.82, 2.24) is 0 Å². The average molecular weight is 194 g/mol. The molecule has 82 valence electrons. The Morgan fingerprint density at radius 2 is 1.64 bits per heavy atom. The Bertz CT molecular complexity index is 173. The van der Waals surface area contributed by atoms with Gasteiger partial charge >= 0.3 is 0 Å². The minimum atomic E-state index is 1.04. The molecule has 0 saturated heterocycles. The van der Waals surface area contributed by atoms with Crippen LogP contribution in [0.15, 0.2) is 0 Å². The lowest BCUT2D eigenvalue weighted by Crippen LogP contribution is -2.04. The van der Waals surface area contributed by atoms with E-state index in [0.717, 1.165) is 23.7 Å². The van der Waals surface area contributed by atoms with Crippen molar-refractivity contribution in [3.63, 3.8) is 0 Å². The Morgan fingerprint density at radius 3 is 2.29 bits per heavy atom. The van der Waals surface area contributed by atoms with E-state index in [-0.39, 0.29) is 0 Å². The van der Waals surface area contributed by atoms with Crippen molar-refractivity contribution >= 4 is 0 Å². The van der Waals surface area contributed by atoms with Gasteiger partial charge in [0.05, 0.1) is 0 Å². The molecule has 2 rings (SSSR count). The summed E-state index contributed by atoms with van der Waals surface area (Å²) < 4.78 is 0. The van der Waals surface area contributed by atoms with E-state index >= 15 is 0 Å². The van der Waals surface area contributed by atoms with Gasteiger partial charge in [0.2, 0.25) is 0 Å². The van der Waals surface area contributed by atoms with Crippen LogP contribution in [-0.2, 0) is 0 Å². The van der Waals surface area contributed by atoms with Gasteiger partial charge in [-0.15, -0.1) is 0 Å². The van der Waals surface area contributed by atoms with Crippen molar-refractivity contribution in [2.24, 2.45) is 23.7 Å². The summed E-state index contributed by atoms with van der Waals surface area (Å²) >= 11 is 0. The van der Waals surface area contributed by atoms with Crippen molar-refractivity contribution in [1.29, 1.82) is 0 Å². The smallest absolute Gasteiger partial charge is 0.0383 e. The highest BCUT2D eigenvalue weighted by molar-refractivity contribution is 4.87. The molecule has 0 heterocycles. The van der Waals surface area contributed by atoms with Gasteiger partial charge in [0.15, 0.2) is 0 Å². The van der Waals surface area contributed by atoms with Crippen LogP contribution in [0.25, 0.3) is 0 Å². The summed E-state index contributed by atoms with van der Waals surface area (Å²) in [6.45, 7) is 4.79. The van der Waals surface area contributed by atoms with E-state index < -0.39 is 0 Å². The van der Waals surface area contributed by atoms with Gasteiger partial charge in [0.1, 0.15) is 0 Å². The third-order valence-corrected chi connectivity index (χ3v) is 4.68. The van der Waals surface area contributed by atoms with Gasteiger partial charge in [-0.1, -0.05) is 46.0 Å². The van der Waals surface area contributed by atoms with Crippen LogP contribution in [0.4, 0.5) is 0 Å². The SMILES string of the molecule is CCCC1CC1CCC1CCCC1C. The van der Waals surface area contributed by atoms with E-state index in [1.165, 1.54) is 32.1 Å². The highest BCUT2D eigenvalue weighted by Gasteiger charge is 2.36. The lowest BCUT2D eigenvalue weighted by atomic mass is 9.92. The molecule has 0 aromatic heterocycles. The Labute approximate surface area is 89.5 Å². The Kier molecular flexibility index (Phi) is 3.52. The predicted molar refractivity (Wildman–Crippen MR) is 62.2 cm³/mol. The first-order valence-electron chi connectivity index (χ1n) is 6.81. The molecule has 0 amide bonds. The molecule has 0 radical (unpaired) electrons. The van der Waals surface area contributed by atoms with Crippen molar-refractivity contribution < 1.29 is 0 Å². The van der Waals surface area contributed by atoms with E-state index in [4.69, 9.17) is 0 Å². The van der Waals surface area contributed by atoms with Crippen LogP contribution in [0.2, 0.25) is 0 Å². The lowest BCUT2D eigenvalue weighted by Gasteiger charge is -2.14. The van der Waals surface area contributed by atoms with Gasteiger partial charge in [-0.05, 0) is 42.9 Å². The minimum Gasteiger partial charge on any atom is -0.0654 e. The molecule has 2 aliphatic rings. The molecule has 2 fully saturated rings. The van der Waals surface area contributed by atoms with E-state index in [1.54, 1.807) is 19.3 Å². The van der Waals surface area contributed by atoms with Gasteiger partial charge in [0, 0.05) is 0 Å². The molecular weight excluding hydrogens is 168 g/mol. The van der Waals surface area contributed by atoms with E-state index in [9.17, 15) is 0 Å². The lowest BCUT2D eigenvalue weighted by molar-refractivity contribution is 0.367. The monoisotopic (exact) mass is 194 g/mol. The van der Waals surface area contributed by atoms with E-state index in [1.807, 2.05) is 0 Å². The first kappa shape index (κ1) is 10.5. The molecule has 4 unspecified atom stereocenters. The molecule has 0 aliphatic heterocycles. The van der Waals surface area contributed by atoms with Crippen LogP contribution in [0, 0.1) is 23.7 Å². The van der Waals surface area contributed by atoms with Crippen LogP contribution in [0.5, 0.6) is 0 Å². The highest BCUT2D eigenvalue weighted by Crippen LogP contribution is 2.47. The first-order valence-corrected chi connectivity index (χ1v) is 6.81. The second-order valence-corrected chi connectivity index (χ2v) is 5.79. The van der Waals surface area contributed by atoms with Gasteiger partial charge in [-0.25, -0.2) is 0 Å². The maximum atomic E-state index is 2.47. The summed E-state index contributed by atoms with van der Waals surface area (Å²) in [5, 5.41) is 0. The van der Waals surface area contributed by atoms with Crippen LogP contribution in [-0.4, -0.2) is 0 Å². The molecule has 0 aromatic carbocycles. The molecule has 0 N–H and O–H groups in total. The fourth-order valence-electron chi connectivity index (χ4n) is 3.47. The molecule has 0 heteroatoms. The summed E-state index contributed by atoms with van der Waals surface area (Å²) in [6, 6.07) is 0.